The molecule has 0 bridgehead atoms. The van der Waals surface area contributed by atoms with E-state index in [9.17, 15) is 4.79 Å². The Bertz CT molecular complexity index is 468. The Morgan fingerprint density at radius 2 is 1.95 bits per heavy atom. The lowest BCUT2D eigenvalue weighted by atomic mass is 9.81. The van der Waals surface area contributed by atoms with Crippen molar-refractivity contribution in [2.75, 3.05) is 37.6 Å². The molecule has 2 rings (SSSR count). The van der Waals surface area contributed by atoms with Crippen LogP contribution in [0.4, 0.5) is 5.13 Å². The predicted molar refractivity (Wildman–Crippen MR) is 87.7 cm³/mol. The third-order valence-corrected chi connectivity index (χ3v) is 5.62. The molecule has 0 unspecified atom stereocenters. The molecule has 1 aromatic rings. The van der Waals surface area contributed by atoms with Crippen LogP contribution in [0.2, 0.25) is 0 Å². The van der Waals surface area contributed by atoms with Crippen molar-refractivity contribution in [2.24, 2.45) is 11.1 Å². The average Bonchev–Trinajstić information content (AvgIpc) is 2.96. The number of aryl methyl sites for hydroxylation is 1. The molecule has 0 spiro atoms. The number of rotatable bonds is 5. The molecule has 1 amide bonds. The van der Waals surface area contributed by atoms with E-state index in [0.717, 1.165) is 44.2 Å². The molecule has 2 N–H and O–H groups in total. The second-order valence-electron chi connectivity index (χ2n) is 5.72. The zero-order chi connectivity index (χ0) is 15.5. The minimum atomic E-state index is -0.375. The van der Waals surface area contributed by atoms with Crippen molar-refractivity contribution in [3.63, 3.8) is 0 Å². The highest BCUT2D eigenvalue weighted by molar-refractivity contribution is 7.15. The smallest absolute Gasteiger partial charge is 0.230 e. The number of carbonyl (C=O) groups is 1. The molecule has 5 nitrogen and oxygen atoms in total. The van der Waals surface area contributed by atoms with Crippen molar-refractivity contribution in [1.82, 2.24) is 9.88 Å². The fraction of sp³-hybridized carbons (Fsp3) is 0.733. The number of nitrogens with two attached hydrogens (primary N) is 1. The van der Waals surface area contributed by atoms with Crippen LogP contribution in [-0.4, -0.2) is 48.5 Å². The number of aromatic nitrogens is 1. The molecule has 1 aliphatic rings. The van der Waals surface area contributed by atoms with Crippen LogP contribution >= 0.6 is 11.3 Å². The molecule has 0 aromatic carbocycles. The Kier molecular flexibility index (Phi) is 5.22. The average molecular weight is 310 g/mol. The molecule has 6 heteroatoms. The molecule has 0 aliphatic carbocycles. The first kappa shape index (κ1) is 16.2. The number of anilines is 1. The summed E-state index contributed by atoms with van der Waals surface area (Å²) >= 11 is 1.71. The summed E-state index contributed by atoms with van der Waals surface area (Å²) in [6.07, 6.45) is 3.53. The van der Waals surface area contributed by atoms with Gasteiger partial charge in [0.25, 0.3) is 0 Å². The first-order valence-electron chi connectivity index (χ1n) is 7.73. The number of thiazole rings is 1. The first-order valence-corrected chi connectivity index (χ1v) is 8.54. The standard InChI is InChI=1S/C15H26N4OS/c1-4-15(5-2,11-16)13(20)18-6-8-19(9-7-18)14-17-10-12(3)21-14/h10H,4-9,11,16H2,1-3H3. The van der Waals surface area contributed by atoms with Crippen molar-refractivity contribution in [2.45, 2.75) is 33.6 Å². The second-order valence-corrected chi connectivity index (χ2v) is 6.94. The van der Waals surface area contributed by atoms with Crippen LogP contribution in [0, 0.1) is 12.3 Å². The van der Waals surface area contributed by atoms with Crippen LogP contribution in [0.5, 0.6) is 0 Å². The largest absolute Gasteiger partial charge is 0.345 e. The Morgan fingerprint density at radius 1 is 1.33 bits per heavy atom. The van der Waals surface area contributed by atoms with E-state index >= 15 is 0 Å². The van der Waals surface area contributed by atoms with Gasteiger partial charge in [0.1, 0.15) is 0 Å². The lowest BCUT2D eigenvalue weighted by Gasteiger charge is -2.40. The third kappa shape index (κ3) is 3.21. The summed E-state index contributed by atoms with van der Waals surface area (Å²) in [6.45, 7) is 9.85. The maximum atomic E-state index is 12.8. The van der Waals surface area contributed by atoms with Gasteiger partial charge in [-0.3, -0.25) is 4.79 Å². The molecular weight excluding hydrogens is 284 g/mol. The highest BCUT2D eigenvalue weighted by Gasteiger charge is 2.37. The van der Waals surface area contributed by atoms with E-state index < -0.39 is 0 Å². The molecule has 2 heterocycles. The van der Waals surface area contributed by atoms with Gasteiger partial charge in [0.2, 0.25) is 5.91 Å². The first-order chi connectivity index (χ1) is 10.1. The molecule has 118 valence electrons. The summed E-state index contributed by atoms with van der Waals surface area (Å²) in [6, 6.07) is 0. The topological polar surface area (TPSA) is 62.5 Å². The molecule has 1 fully saturated rings. The zero-order valence-corrected chi connectivity index (χ0v) is 14.1. The van der Waals surface area contributed by atoms with E-state index in [2.05, 4.69) is 30.7 Å². The monoisotopic (exact) mass is 310 g/mol. The van der Waals surface area contributed by atoms with Crippen LogP contribution in [0.25, 0.3) is 0 Å². The highest BCUT2D eigenvalue weighted by atomic mass is 32.1. The van der Waals surface area contributed by atoms with Gasteiger partial charge in [0.15, 0.2) is 5.13 Å². The summed E-state index contributed by atoms with van der Waals surface area (Å²) in [7, 11) is 0. The summed E-state index contributed by atoms with van der Waals surface area (Å²) in [4.78, 5) is 22.7. The number of carbonyl (C=O) groups excluding carboxylic acids is 1. The van der Waals surface area contributed by atoms with Gasteiger partial charge in [-0.2, -0.15) is 0 Å². The number of hydrogen-bond acceptors (Lipinski definition) is 5. The van der Waals surface area contributed by atoms with Gasteiger partial charge in [-0.15, -0.1) is 11.3 Å². The number of amides is 1. The van der Waals surface area contributed by atoms with Crippen LogP contribution in [0.15, 0.2) is 6.20 Å². The lowest BCUT2D eigenvalue weighted by molar-refractivity contribution is -0.142. The van der Waals surface area contributed by atoms with E-state index in [1.807, 2.05) is 11.1 Å². The van der Waals surface area contributed by atoms with Crippen molar-refractivity contribution >= 4 is 22.4 Å². The Hall–Kier alpha value is -1.14. The molecule has 21 heavy (non-hydrogen) atoms. The van der Waals surface area contributed by atoms with Gasteiger partial charge in [-0.25, -0.2) is 4.98 Å². The fourth-order valence-electron chi connectivity index (χ4n) is 2.85. The van der Waals surface area contributed by atoms with Crippen LogP contribution in [0.3, 0.4) is 0 Å². The normalized spacial score (nSPS) is 16.4. The van der Waals surface area contributed by atoms with E-state index in [1.165, 1.54) is 4.88 Å². The number of piperazine rings is 1. The van der Waals surface area contributed by atoms with Crippen LogP contribution in [0.1, 0.15) is 31.6 Å². The quantitative estimate of drug-likeness (QED) is 0.902. The molecule has 1 aliphatic heterocycles. The molecule has 1 saturated heterocycles. The van der Waals surface area contributed by atoms with Crippen molar-refractivity contribution in [1.29, 1.82) is 0 Å². The Balaban J connectivity index is 1.98. The second kappa shape index (κ2) is 6.75. The van der Waals surface area contributed by atoms with E-state index in [4.69, 9.17) is 5.73 Å². The molecular formula is C15H26N4OS. The van der Waals surface area contributed by atoms with Gasteiger partial charge in [-0.1, -0.05) is 13.8 Å². The summed E-state index contributed by atoms with van der Waals surface area (Å²) in [5.41, 5.74) is 5.52. The van der Waals surface area contributed by atoms with Gasteiger partial charge in [-0.05, 0) is 19.8 Å². The van der Waals surface area contributed by atoms with Crippen LogP contribution in [-0.2, 0) is 4.79 Å². The summed E-state index contributed by atoms with van der Waals surface area (Å²) in [5.74, 6) is 0.227. The highest BCUT2D eigenvalue weighted by Crippen LogP contribution is 2.29. The molecule has 0 atom stereocenters. The van der Waals surface area contributed by atoms with E-state index in [0.29, 0.717) is 6.54 Å². The van der Waals surface area contributed by atoms with Crippen molar-refractivity contribution in [3.05, 3.63) is 11.1 Å². The maximum absolute atomic E-state index is 12.8. The number of nitrogens with zero attached hydrogens (tertiary/aromatic N) is 3. The summed E-state index contributed by atoms with van der Waals surface area (Å²) < 4.78 is 0. The molecule has 1 aromatic heterocycles. The molecule has 0 saturated carbocycles. The van der Waals surface area contributed by atoms with Gasteiger partial charge in [0, 0.05) is 43.8 Å². The fourth-order valence-corrected chi connectivity index (χ4v) is 3.66. The Labute approximate surface area is 131 Å². The van der Waals surface area contributed by atoms with Crippen molar-refractivity contribution in [3.8, 4) is 0 Å². The SMILES string of the molecule is CCC(CC)(CN)C(=O)N1CCN(c2ncc(C)s2)CC1. The third-order valence-electron chi connectivity index (χ3n) is 4.64. The van der Waals surface area contributed by atoms with Gasteiger partial charge < -0.3 is 15.5 Å². The van der Waals surface area contributed by atoms with E-state index in [-0.39, 0.29) is 11.3 Å². The Morgan fingerprint density at radius 3 is 2.38 bits per heavy atom. The number of hydrogen-bond donors (Lipinski definition) is 1. The lowest BCUT2D eigenvalue weighted by Crippen LogP contribution is -2.54. The minimum Gasteiger partial charge on any atom is -0.345 e. The van der Waals surface area contributed by atoms with Gasteiger partial charge in [0.05, 0.1) is 5.41 Å². The maximum Gasteiger partial charge on any atom is 0.230 e. The van der Waals surface area contributed by atoms with Crippen LogP contribution < -0.4 is 10.6 Å². The molecule has 0 radical (unpaired) electrons. The zero-order valence-electron chi connectivity index (χ0n) is 13.3. The predicted octanol–water partition coefficient (Wildman–Crippen LogP) is 1.87. The van der Waals surface area contributed by atoms with Gasteiger partial charge >= 0.3 is 0 Å². The van der Waals surface area contributed by atoms with E-state index in [1.54, 1.807) is 11.3 Å². The minimum absolute atomic E-state index is 0.227. The van der Waals surface area contributed by atoms with Crippen molar-refractivity contribution < 1.29 is 4.79 Å². The summed E-state index contributed by atoms with van der Waals surface area (Å²) in [5, 5.41) is 1.07.